The average molecular weight is 293 g/mol. The lowest BCUT2D eigenvalue weighted by Gasteiger charge is -2.12. The van der Waals surface area contributed by atoms with Crippen LogP contribution in [-0.4, -0.2) is 39.1 Å². The van der Waals surface area contributed by atoms with E-state index in [1.165, 1.54) is 0 Å². The van der Waals surface area contributed by atoms with Crippen LogP contribution in [0.5, 0.6) is 5.75 Å². The van der Waals surface area contributed by atoms with Crippen LogP contribution < -0.4 is 20.7 Å². The third-order valence-corrected chi connectivity index (χ3v) is 2.96. The Labute approximate surface area is 125 Å². The minimum atomic E-state index is -0.0986. The minimum Gasteiger partial charge on any atom is -0.493 e. The summed E-state index contributed by atoms with van der Waals surface area (Å²) in [6.45, 7) is 2.82. The van der Waals surface area contributed by atoms with Crippen LogP contribution in [0.1, 0.15) is 13.3 Å². The molecule has 6 heteroatoms. The molecule has 0 radical (unpaired) electrons. The highest BCUT2D eigenvalue weighted by atomic mass is 16.5. The summed E-state index contributed by atoms with van der Waals surface area (Å²) in [4.78, 5) is 22.9. The minimum absolute atomic E-state index is 0.0300. The summed E-state index contributed by atoms with van der Waals surface area (Å²) in [6, 6.07) is 7.09. The quantitative estimate of drug-likeness (QED) is 0.668. The first kappa shape index (κ1) is 17.0. The van der Waals surface area contributed by atoms with Gasteiger partial charge in [0, 0.05) is 25.2 Å². The van der Waals surface area contributed by atoms with Crippen molar-refractivity contribution in [3.63, 3.8) is 0 Å². The zero-order valence-corrected chi connectivity index (χ0v) is 12.7. The summed E-state index contributed by atoms with van der Waals surface area (Å²) in [5, 5.41) is 8.34. The van der Waals surface area contributed by atoms with Crippen molar-refractivity contribution >= 4 is 17.5 Å². The lowest BCUT2D eigenvalue weighted by atomic mass is 10.1. The molecule has 116 valence electrons. The molecule has 0 fully saturated rings. The van der Waals surface area contributed by atoms with E-state index < -0.39 is 0 Å². The van der Waals surface area contributed by atoms with Crippen LogP contribution in [0.2, 0.25) is 0 Å². The Kier molecular flexibility index (Phi) is 7.25. The van der Waals surface area contributed by atoms with E-state index in [9.17, 15) is 9.59 Å². The van der Waals surface area contributed by atoms with Crippen LogP contribution in [0.15, 0.2) is 24.3 Å². The van der Waals surface area contributed by atoms with E-state index in [-0.39, 0.29) is 17.7 Å². The third kappa shape index (κ3) is 6.27. The number of rotatable bonds is 8. The van der Waals surface area contributed by atoms with Gasteiger partial charge in [0.05, 0.1) is 13.0 Å². The Bertz CT molecular complexity index is 460. The maximum Gasteiger partial charge on any atom is 0.228 e. The first-order chi connectivity index (χ1) is 10.1. The normalized spacial score (nSPS) is 11.6. The Morgan fingerprint density at radius 2 is 1.86 bits per heavy atom. The highest BCUT2D eigenvalue weighted by Gasteiger charge is 2.11. The van der Waals surface area contributed by atoms with Gasteiger partial charge in [-0.2, -0.15) is 0 Å². The molecule has 0 spiro atoms. The molecule has 0 heterocycles. The molecular weight excluding hydrogens is 270 g/mol. The van der Waals surface area contributed by atoms with Crippen LogP contribution in [0, 0.1) is 5.92 Å². The standard InChI is InChI=1S/C15H23N3O3/c1-11(10-16-2)15(20)18-12-4-6-13(7-5-12)21-9-8-14(19)17-3/h4-7,11,16H,8-10H2,1-3H3,(H,17,19)(H,18,20). The summed E-state index contributed by atoms with van der Waals surface area (Å²) in [6.07, 6.45) is 0.316. The number of benzene rings is 1. The van der Waals surface area contributed by atoms with E-state index >= 15 is 0 Å². The molecule has 0 aromatic heterocycles. The molecule has 1 aromatic rings. The molecule has 0 saturated heterocycles. The zero-order chi connectivity index (χ0) is 15.7. The topological polar surface area (TPSA) is 79.5 Å². The number of ether oxygens (including phenoxy) is 1. The van der Waals surface area contributed by atoms with Crippen LogP contribution in [-0.2, 0) is 9.59 Å². The highest BCUT2D eigenvalue weighted by Crippen LogP contribution is 2.16. The molecule has 3 N–H and O–H groups in total. The highest BCUT2D eigenvalue weighted by molar-refractivity contribution is 5.92. The Morgan fingerprint density at radius 1 is 1.19 bits per heavy atom. The number of anilines is 1. The molecule has 0 aliphatic rings. The van der Waals surface area contributed by atoms with Crippen LogP contribution >= 0.6 is 0 Å². The molecule has 1 rings (SSSR count). The fourth-order valence-electron chi connectivity index (χ4n) is 1.69. The van der Waals surface area contributed by atoms with Crippen molar-refractivity contribution in [3.05, 3.63) is 24.3 Å². The smallest absolute Gasteiger partial charge is 0.228 e. The van der Waals surface area contributed by atoms with Crippen molar-refractivity contribution in [1.82, 2.24) is 10.6 Å². The number of hydrogen-bond donors (Lipinski definition) is 3. The lowest BCUT2D eigenvalue weighted by Crippen LogP contribution is -2.28. The van der Waals surface area contributed by atoms with Gasteiger partial charge in [-0.15, -0.1) is 0 Å². The predicted molar refractivity (Wildman–Crippen MR) is 82.3 cm³/mol. The number of nitrogens with one attached hydrogen (secondary N) is 3. The monoisotopic (exact) mass is 293 g/mol. The second-order valence-corrected chi connectivity index (χ2v) is 4.74. The largest absolute Gasteiger partial charge is 0.493 e. The average Bonchev–Trinajstić information content (AvgIpc) is 2.49. The molecule has 0 aliphatic carbocycles. The second-order valence-electron chi connectivity index (χ2n) is 4.74. The van der Waals surface area contributed by atoms with Crippen molar-refractivity contribution in [3.8, 4) is 5.75 Å². The van der Waals surface area contributed by atoms with Gasteiger partial charge >= 0.3 is 0 Å². The molecule has 6 nitrogen and oxygen atoms in total. The van der Waals surface area contributed by atoms with E-state index in [2.05, 4.69) is 16.0 Å². The Morgan fingerprint density at radius 3 is 2.43 bits per heavy atom. The maximum absolute atomic E-state index is 11.8. The van der Waals surface area contributed by atoms with E-state index in [0.717, 1.165) is 5.69 Å². The van der Waals surface area contributed by atoms with E-state index in [1.54, 1.807) is 31.3 Å². The van der Waals surface area contributed by atoms with Gasteiger partial charge in [-0.05, 0) is 31.3 Å². The fraction of sp³-hybridized carbons (Fsp3) is 0.467. The van der Waals surface area contributed by atoms with Gasteiger partial charge in [0.1, 0.15) is 5.75 Å². The van der Waals surface area contributed by atoms with Crippen molar-refractivity contribution in [2.45, 2.75) is 13.3 Å². The number of carbonyl (C=O) groups is 2. The third-order valence-electron chi connectivity index (χ3n) is 2.96. The van der Waals surface area contributed by atoms with Crippen molar-refractivity contribution in [1.29, 1.82) is 0 Å². The Hall–Kier alpha value is -2.08. The molecule has 0 bridgehead atoms. The van der Waals surface area contributed by atoms with Gasteiger partial charge in [-0.25, -0.2) is 0 Å². The fourth-order valence-corrected chi connectivity index (χ4v) is 1.69. The summed E-state index contributed by atoms with van der Waals surface area (Å²) < 4.78 is 5.44. The molecule has 0 aliphatic heterocycles. The van der Waals surface area contributed by atoms with E-state index in [0.29, 0.717) is 25.3 Å². The van der Waals surface area contributed by atoms with Gasteiger partial charge in [-0.3, -0.25) is 9.59 Å². The molecule has 21 heavy (non-hydrogen) atoms. The zero-order valence-electron chi connectivity index (χ0n) is 12.7. The number of hydrogen-bond acceptors (Lipinski definition) is 4. The summed E-state index contributed by atoms with van der Waals surface area (Å²) in [7, 11) is 3.41. The summed E-state index contributed by atoms with van der Waals surface area (Å²) in [5.74, 6) is 0.480. The van der Waals surface area contributed by atoms with Gasteiger partial charge in [0.15, 0.2) is 0 Å². The number of amides is 2. The SMILES string of the molecule is CNCC(C)C(=O)Nc1ccc(OCCC(=O)NC)cc1. The van der Waals surface area contributed by atoms with Crippen molar-refractivity contribution in [2.24, 2.45) is 5.92 Å². The summed E-state index contributed by atoms with van der Waals surface area (Å²) in [5.41, 5.74) is 0.724. The van der Waals surface area contributed by atoms with Gasteiger partial charge in [0.2, 0.25) is 11.8 Å². The van der Waals surface area contributed by atoms with Crippen LogP contribution in [0.25, 0.3) is 0 Å². The molecule has 1 unspecified atom stereocenters. The summed E-state index contributed by atoms with van der Waals surface area (Å²) >= 11 is 0. The van der Waals surface area contributed by atoms with E-state index in [4.69, 9.17) is 4.74 Å². The molecule has 0 saturated carbocycles. The van der Waals surface area contributed by atoms with Gasteiger partial charge in [0.25, 0.3) is 0 Å². The lowest BCUT2D eigenvalue weighted by molar-refractivity contribution is -0.121. The first-order valence-electron chi connectivity index (χ1n) is 6.95. The number of carbonyl (C=O) groups excluding carboxylic acids is 2. The first-order valence-corrected chi connectivity index (χ1v) is 6.95. The second kappa shape index (κ2) is 8.97. The molecule has 1 atom stereocenters. The maximum atomic E-state index is 11.8. The predicted octanol–water partition coefficient (Wildman–Crippen LogP) is 0.995. The van der Waals surface area contributed by atoms with Crippen LogP contribution in [0.4, 0.5) is 5.69 Å². The van der Waals surface area contributed by atoms with E-state index in [1.807, 2.05) is 14.0 Å². The van der Waals surface area contributed by atoms with Crippen molar-refractivity contribution < 1.29 is 14.3 Å². The molecular formula is C15H23N3O3. The van der Waals surface area contributed by atoms with Gasteiger partial charge in [-0.1, -0.05) is 6.92 Å². The Balaban J connectivity index is 2.43. The van der Waals surface area contributed by atoms with Crippen LogP contribution in [0.3, 0.4) is 0 Å². The molecule has 2 amide bonds. The van der Waals surface area contributed by atoms with Crippen molar-refractivity contribution in [2.75, 3.05) is 32.6 Å². The van der Waals surface area contributed by atoms with Gasteiger partial charge < -0.3 is 20.7 Å². The molecule has 1 aromatic carbocycles.